The summed E-state index contributed by atoms with van der Waals surface area (Å²) >= 11 is 0. The van der Waals surface area contributed by atoms with Gasteiger partial charge in [-0.3, -0.25) is 0 Å². The van der Waals surface area contributed by atoms with Gasteiger partial charge in [0.15, 0.2) is 0 Å². The highest BCUT2D eigenvalue weighted by atomic mass is 19.4. The molecule has 0 spiro atoms. The summed E-state index contributed by atoms with van der Waals surface area (Å²) in [5.74, 6) is -0.638. The number of halogens is 11. The Balaban J connectivity index is 0.639. The Hall–Kier alpha value is -12.5. The van der Waals surface area contributed by atoms with Crippen molar-refractivity contribution in [2.75, 3.05) is 34.5 Å². The number of aromatic nitrogens is 2. The van der Waals surface area contributed by atoms with Crippen molar-refractivity contribution in [1.29, 1.82) is 0 Å². The molecule has 106 heavy (non-hydrogen) atoms. The number of ether oxygens (including phenoxy) is 2. The van der Waals surface area contributed by atoms with Gasteiger partial charge in [-0.25, -0.2) is 28.8 Å². The van der Waals surface area contributed by atoms with E-state index in [-0.39, 0.29) is 30.8 Å². The molecule has 0 unspecified atom stereocenters. The molecule has 23 heteroatoms. The summed E-state index contributed by atoms with van der Waals surface area (Å²) in [6.45, 7) is 1.00. The average molecular weight is 1440 g/mol. The van der Waals surface area contributed by atoms with Crippen LogP contribution < -0.4 is 30.7 Å². The van der Waals surface area contributed by atoms with Crippen LogP contribution in [0.2, 0.25) is 0 Å². The number of aliphatic imine (C=N–C) groups is 4. The van der Waals surface area contributed by atoms with Gasteiger partial charge in [0.1, 0.15) is 48.1 Å². The summed E-state index contributed by atoms with van der Waals surface area (Å²) < 4.78 is 166. The van der Waals surface area contributed by atoms with Crippen molar-refractivity contribution in [2.24, 2.45) is 20.0 Å². The van der Waals surface area contributed by atoms with Crippen molar-refractivity contribution in [3.05, 3.63) is 345 Å². The van der Waals surface area contributed by atoms with Gasteiger partial charge in [0, 0.05) is 105 Å². The molecule has 0 amide bonds. The van der Waals surface area contributed by atoms with E-state index in [1.54, 1.807) is 6.08 Å². The van der Waals surface area contributed by atoms with Gasteiger partial charge in [0.25, 0.3) is 5.92 Å². The second kappa shape index (κ2) is 29.7. The smallest absolute Gasteiger partial charge is 0.416 e. The van der Waals surface area contributed by atoms with E-state index < -0.39 is 52.4 Å². The molecule has 0 bridgehead atoms. The molecule has 10 aromatic rings. The summed E-state index contributed by atoms with van der Waals surface area (Å²) in [5, 5.41) is 12.5. The van der Waals surface area contributed by atoms with Gasteiger partial charge in [-0.2, -0.15) is 39.5 Å². The Labute approximate surface area is 601 Å². The molecule has 0 aliphatic carbocycles. The molecule has 6 N–H and O–H groups in total. The van der Waals surface area contributed by atoms with Crippen molar-refractivity contribution >= 4 is 68.4 Å². The van der Waals surface area contributed by atoms with Crippen molar-refractivity contribution in [3.63, 3.8) is 0 Å². The normalized spacial score (nSPS) is 16.5. The van der Waals surface area contributed by atoms with Gasteiger partial charge in [-0.1, -0.05) is 133 Å². The zero-order valence-electron chi connectivity index (χ0n) is 56.3. The van der Waals surface area contributed by atoms with E-state index in [1.165, 1.54) is 6.08 Å². The van der Waals surface area contributed by atoms with Crippen LogP contribution in [0.3, 0.4) is 0 Å². The summed E-state index contributed by atoms with van der Waals surface area (Å²) in [6, 6.07) is 64.8. The second-order valence-corrected chi connectivity index (χ2v) is 25.2. The highest BCUT2D eigenvalue weighted by Crippen LogP contribution is 2.43. The Morgan fingerprint density at radius 1 is 0.340 bits per heavy atom. The molecule has 0 atom stereocenters. The fraction of sp³-hybridized carbons (Fsp3) is 0.133. The van der Waals surface area contributed by atoms with Crippen molar-refractivity contribution < 1.29 is 57.8 Å². The minimum Gasteiger partial charge on any atom is -0.490 e. The zero-order chi connectivity index (χ0) is 73.7. The molecule has 0 saturated carbocycles. The van der Waals surface area contributed by atoms with E-state index in [4.69, 9.17) is 24.5 Å². The Bertz CT molecular complexity index is 5220. The maximum Gasteiger partial charge on any atom is 0.416 e. The number of nitrogens with zero attached hydrogens (tertiary/aromatic N) is 4. The number of benzene rings is 8. The van der Waals surface area contributed by atoms with Crippen LogP contribution in [0, 0.1) is 0 Å². The number of hydrogen-bond donors (Lipinski definition) is 6. The Morgan fingerprint density at radius 3 is 1.08 bits per heavy atom. The van der Waals surface area contributed by atoms with Gasteiger partial charge in [-0.05, 0) is 144 Å². The van der Waals surface area contributed by atoms with E-state index in [0.29, 0.717) is 102 Å². The first-order valence-electron chi connectivity index (χ1n) is 33.7. The molecule has 4 aliphatic heterocycles. The first-order chi connectivity index (χ1) is 51.0. The number of allylic oxidation sites excluding steroid dienone is 4. The summed E-state index contributed by atoms with van der Waals surface area (Å²) in [7, 11) is 0. The van der Waals surface area contributed by atoms with Crippen LogP contribution in [-0.4, -0.2) is 46.5 Å². The fourth-order valence-corrected chi connectivity index (χ4v) is 12.8. The second-order valence-electron chi connectivity index (χ2n) is 25.2. The molecule has 0 fully saturated rings. The van der Waals surface area contributed by atoms with Crippen LogP contribution in [0.5, 0.6) is 11.5 Å². The highest BCUT2D eigenvalue weighted by Gasteiger charge is 2.38. The molecule has 6 heterocycles. The third-order valence-electron chi connectivity index (χ3n) is 17.6. The lowest BCUT2D eigenvalue weighted by Crippen LogP contribution is -2.15. The molecule has 14 rings (SSSR count). The van der Waals surface area contributed by atoms with Crippen molar-refractivity contribution in [3.8, 4) is 11.5 Å². The van der Waals surface area contributed by atoms with Gasteiger partial charge < -0.3 is 40.7 Å². The number of aromatic amines is 2. The third-order valence-corrected chi connectivity index (χ3v) is 17.6. The lowest BCUT2D eigenvalue weighted by molar-refractivity contribution is -0.143. The van der Waals surface area contributed by atoms with E-state index in [0.717, 1.165) is 91.1 Å². The topological polar surface area (TPSA) is 148 Å². The molecule has 0 saturated heterocycles. The molecular formula is C83H63F11N10O2. The quantitative estimate of drug-likeness (QED) is 0.0372. The van der Waals surface area contributed by atoms with Crippen LogP contribution in [0.1, 0.15) is 99.9 Å². The summed E-state index contributed by atoms with van der Waals surface area (Å²) in [4.78, 5) is 26.9. The monoisotopic (exact) mass is 1440 g/mol. The predicted octanol–water partition coefficient (Wildman–Crippen LogP) is 21.8. The molecular weight excluding hydrogens is 1380 g/mol. The van der Waals surface area contributed by atoms with Gasteiger partial charge >= 0.3 is 18.5 Å². The lowest BCUT2D eigenvalue weighted by Gasteiger charge is -2.17. The number of hydrogen-bond acceptors (Lipinski definition) is 10. The molecule has 2 aromatic heterocycles. The number of alkyl halides is 11. The van der Waals surface area contributed by atoms with E-state index in [9.17, 15) is 48.3 Å². The van der Waals surface area contributed by atoms with E-state index in [2.05, 4.69) is 36.2 Å². The lowest BCUT2D eigenvalue weighted by atomic mass is 9.99. The molecule has 534 valence electrons. The Morgan fingerprint density at radius 2 is 0.679 bits per heavy atom. The maximum atomic E-state index is 14.4. The van der Waals surface area contributed by atoms with Gasteiger partial charge in [0.2, 0.25) is 0 Å². The first kappa shape index (κ1) is 70.5. The average Bonchev–Trinajstić information content (AvgIpc) is 1.54. The molecule has 8 aromatic carbocycles. The highest BCUT2D eigenvalue weighted by molar-refractivity contribution is 6.09. The van der Waals surface area contributed by atoms with E-state index >= 15 is 0 Å². The van der Waals surface area contributed by atoms with Crippen molar-refractivity contribution in [2.45, 2.75) is 57.1 Å². The maximum absolute atomic E-state index is 14.4. The number of H-pyrrole nitrogens is 2. The van der Waals surface area contributed by atoms with Crippen LogP contribution >= 0.6 is 0 Å². The Kier molecular flexibility index (Phi) is 19.7. The summed E-state index contributed by atoms with van der Waals surface area (Å²) in [6.07, 6.45) is -6.02. The SMILES string of the molecule is CC(F)(F)c1cc(NC2=NC(=C(c3ccccc3)c3ccc(C(=C4C=CC(Nc5cccc(OCCOc6cccc(NC7=NC(=C(c8ccccc8)c8ccc(C(=C9C=CC(Nc%10cc(C(F)(F)F)cc(C(F)(F)F)c%10)=N9)c9ccccc9)[nH]8)CC7)c6)c5)=N4)c4ccccc4)[nH]3)CC2)cc(C(F)(F)F)c1. The van der Waals surface area contributed by atoms with Gasteiger partial charge in [0.05, 0.1) is 39.5 Å². The largest absolute Gasteiger partial charge is 0.490 e. The minimum absolute atomic E-state index is 0.0425. The fourth-order valence-electron chi connectivity index (χ4n) is 12.8. The van der Waals surface area contributed by atoms with Gasteiger partial charge in [-0.15, -0.1) is 0 Å². The zero-order valence-corrected chi connectivity index (χ0v) is 56.3. The van der Waals surface area contributed by atoms with Crippen LogP contribution in [0.4, 0.5) is 71.0 Å². The molecule has 4 aliphatic rings. The standard InChI is InChI=1S/C83H63F11N10O2/c1-80(84,85)54-42-55(81(86,87)88)45-60(44-54)97-74-38-34-70(103-74)78(52-20-10-4-11-21-52)66-30-28-64(99-66)76(50-16-6-2-7-17-50)68-32-36-72(101-68)95-58-24-14-26-62(48-58)105-40-41-106-63-27-15-25-59(49-63)96-73-37-33-69(102-73)77(51-18-8-3-9-19-51)65-29-31-67(100-65)79(53-22-12-5-13-23-53)71-35-39-75(104-71)98-61-46-56(82(89,90)91)43-57(47-61)83(92,93)94/h2-32,35-36,39,42-49,99-100H,33-34,37-38,40-41H2,1H3,(H,95,101)(H,96,102)(H,97,103)(H,98,104). The number of anilines is 4. The predicted molar refractivity (Wildman–Crippen MR) is 394 cm³/mol. The first-order valence-corrected chi connectivity index (χ1v) is 33.7. The van der Waals surface area contributed by atoms with Crippen LogP contribution in [0.15, 0.2) is 298 Å². The minimum atomic E-state index is -5.03. The summed E-state index contributed by atoms with van der Waals surface area (Å²) in [5.41, 5.74) is 7.86. The van der Waals surface area contributed by atoms with Crippen LogP contribution in [0.25, 0.3) is 22.3 Å². The molecule has 0 radical (unpaired) electrons. The molecule has 12 nitrogen and oxygen atoms in total. The number of nitrogens with one attached hydrogen (secondary N) is 6. The third kappa shape index (κ3) is 16.6. The number of amidine groups is 4. The number of rotatable bonds is 18. The van der Waals surface area contributed by atoms with Crippen molar-refractivity contribution in [1.82, 2.24) is 9.97 Å². The van der Waals surface area contributed by atoms with Crippen LogP contribution in [-0.2, 0) is 24.5 Å². The van der Waals surface area contributed by atoms with E-state index in [1.807, 2.05) is 206 Å².